The van der Waals surface area contributed by atoms with E-state index in [2.05, 4.69) is 15.3 Å². The highest BCUT2D eigenvalue weighted by Crippen LogP contribution is 2.46. The highest BCUT2D eigenvalue weighted by molar-refractivity contribution is 7.92. The van der Waals surface area contributed by atoms with Crippen LogP contribution in [-0.2, 0) is 24.4 Å². The first kappa shape index (κ1) is 50.0. The third-order valence-corrected chi connectivity index (χ3v) is 12.4. The Balaban J connectivity index is 1.01. The van der Waals surface area contributed by atoms with Crippen LogP contribution in [0.5, 0.6) is 5.75 Å². The molecule has 1 aliphatic heterocycles. The van der Waals surface area contributed by atoms with E-state index in [-0.39, 0.29) is 61.4 Å². The van der Waals surface area contributed by atoms with Gasteiger partial charge in [0.25, 0.3) is 0 Å². The smallest absolute Gasteiger partial charge is 0.312 e. The first-order chi connectivity index (χ1) is 31.8. The quantitative estimate of drug-likeness (QED) is 0.0359. The molecule has 354 valence electrons. The molecule has 0 unspecified atom stereocenters. The molecule has 1 aliphatic rings. The summed E-state index contributed by atoms with van der Waals surface area (Å²) in [7, 11) is -2.42. The van der Waals surface area contributed by atoms with Crippen molar-refractivity contribution < 1.29 is 56.0 Å². The van der Waals surface area contributed by atoms with Crippen molar-refractivity contribution in [2.24, 2.45) is 5.92 Å². The maximum atomic E-state index is 13.8. The number of carbonyl (C=O) groups excluding carboxylic acids is 3. The van der Waals surface area contributed by atoms with Crippen LogP contribution in [-0.4, -0.2) is 83.5 Å². The van der Waals surface area contributed by atoms with E-state index >= 15 is 0 Å². The van der Waals surface area contributed by atoms with Crippen molar-refractivity contribution in [2.45, 2.75) is 76.2 Å². The summed E-state index contributed by atoms with van der Waals surface area (Å²) >= 11 is 0. The number of nitrogens with zero attached hydrogens (tertiary/aromatic N) is 4. The standard InChI is InChI=1S/C49H52F3N5O9S/c1-29(2)45-40(46(31-7-13-34(51)14-8-31)55-49(54-45)56(3)67(4,64)65)22-19-37(58)27-38(59)28-43(61)53-26-25-44(62)66-39-20-9-32(10-21-39)47-41(23-24-42(60)30-5-11-33(50)12-6-30)48(63)57(47)36-17-15-35(52)16-18-36/h5-22,29,37-38,41-42,47,58-60H,23-28H2,1-4H3,(H,53,61)/t37-,38-,41-,42+,47-/m1/s1. The molecule has 4 aromatic carbocycles. The second-order valence-corrected chi connectivity index (χ2v) is 18.6. The molecule has 0 aliphatic carbocycles. The molecule has 1 aromatic heterocycles. The molecule has 0 radical (unpaired) electrons. The van der Waals surface area contributed by atoms with Crippen LogP contribution >= 0.6 is 0 Å². The van der Waals surface area contributed by atoms with E-state index in [9.17, 15) is 51.3 Å². The Morgan fingerprint density at radius 3 is 2.07 bits per heavy atom. The molecule has 14 nitrogen and oxygen atoms in total. The van der Waals surface area contributed by atoms with Crippen LogP contribution in [0.2, 0.25) is 0 Å². The minimum atomic E-state index is -3.73. The second kappa shape index (κ2) is 21.9. The lowest BCUT2D eigenvalue weighted by Gasteiger charge is -2.48. The van der Waals surface area contributed by atoms with Gasteiger partial charge in [0.05, 0.1) is 60.8 Å². The number of aromatic nitrogens is 2. The molecule has 2 amide bonds. The highest BCUT2D eigenvalue weighted by Gasteiger charge is 2.48. The maximum absolute atomic E-state index is 13.8. The number of esters is 1. The number of anilines is 2. The monoisotopic (exact) mass is 943 g/mol. The molecule has 2 heterocycles. The van der Waals surface area contributed by atoms with E-state index < -0.39 is 69.6 Å². The summed E-state index contributed by atoms with van der Waals surface area (Å²) in [4.78, 5) is 49.4. The van der Waals surface area contributed by atoms with Gasteiger partial charge < -0.3 is 30.3 Å². The Hall–Kier alpha value is -6.47. The molecule has 4 N–H and O–H groups in total. The zero-order valence-electron chi connectivity index (χ0n) is 37.2. The Kier molecular flexibility index (Phi) is 16.3. The molecule has 18 heteroatoms. The van der Waals surface area contributed by atoms with Crippen LogP contribution < -0.4 is 19.3 Å². The number of nitrogens with one attached hydrogen (secondary N) is 1. The van der Waals surface area contributed by atoms with Gasteiger partial charge >= 0.3 is 5.97 Å². The Morgan fingerprint density at radius 2 is 1.48 bits per heavy atom. The molecule has 67 heavy (non-hydrogen) atoms. The Morgan fingerprint density at radius 1 is 0.881 bits per heavy atom. The normalized spacial score (nSPS) is 16.4. The lowest BCUT2D eigenvalue weighted by Crippen LogP contribution is -2.55. The fourth-order valence-electron chi connectivity index (χ4n) is 7.64. The summed E-state index contributed by atoms with van der Waals surface area (Å²) in [5.74, 6) is -3.51. The van der Waals surface area contributed by atoms with E-state index in [0.717, 1.165) is 10.6 Å². The van der Waals surface area contributed by atoms with E-state index in [1.807, 2.05) is 13.8 Å². The third kappa shape index (κ3) is 12.9. The molecule has 1 saturated heterocycles. The lowest BCUT2D eigenvalue weighted by atomic mass is 9.78. The summed E-state index contributed by atoms with van der Waals surface area (Å²) in [6.45, 7) is 3.57. The number of hydrogen-bond acceptors (Lipinski definition) is 11. The SMILES string of the molecule is CC(C)c1nc(N(C)S(C)(=O)=O)nc(-c2ccc(F)cc2)c1C=C[C@@H](O)C[C@@H](O)CC(=O)NCCC(=O)Oc1ccc([C@@H]2[C@@H](CC[C@H](O)c3ccc(F)cc3)C(=O)N2c2ccc(F)cc2)cc1. The van der Waals surface area contributed by atoms with Crippen LogP contribution in [0.4, 0.5) is 24.8 Å². The maximum Gasteiger partial charge on any atom is 0.312 e. The summed E-state index contributed by atoms with van der Waals surface area (Å²) in [5, 5.41) is 34.8. The van der Waals surface area contributed by atoms with Gasteiger partial charge in [-0.05, 0) is 103 Å². The van der Waals surface area contributed by atoms with E-state index in [4.69, 9.17) is 4.74 Å². The first-order valence-electron chi connectivity index (χ1n) is 21.5. The van der Waals surface area contributed by atoms with Gasteiger partial charge in [0, 0.05) is 36.8 Å². The van der Waals surface area contributed by atoms with Gasteiger partial charge in [-0.25, -0.2) is 35.9 Å². The van der Waals surface area contributed by atoms with Gasteiger partial charge in [-0.3, -0.25) is 14.4 Å². The van der Waals surface area contributed by atoms with Crippen LogP contribution in [0.15, 0.2) is 103 Å². The predicted molar refractivity (Wildman–Crippen MR) is 245 cm³/mol. The Labute approximate surface area is 386 Å². The van der Waals surface area contributed by atoms with Gasteiger partial charge in [0.1, 0.15) is 23.2 Å². The van der Waals surface area contributed by atoms with Gasteiger partial charge in [0.2, 0.25) is 27.8 Å². The van der Waals surface area contributed by atoms with Crippen molar-refractivity contribution in [2.75, 3.05) is 29.1 Å². The number of amides is 2. The number of hydrogen-bond donors (Lipinski definition) is 4. The average molecular weight is 944 g/mol. The summed E-state index contributed by atoms with van der Waals surface area (Å²) in [5.41, 5.74) is 3.34. The molecule has 0 spiro atoms. The average Bonchev–Trinajstić information content (AvgIpc) is 3.28. The number of ether oxygens (including phenoxy) is 1. The zero-order chi connectivity index (χ0) is 48.6. The number of β-lactam (4-membered cyclic amide) rings is 1. The van der Waals surface area contributed by atoms with Crippen molar-refractivity contribution >= 4 is 45.5 Å². The minimum Gasteiger partial charge on any atom is -0.426 e. The van der Waals surface area contributed by atoms with Crippen molar-refractivity contribution in [3.8, 4) is 17.0 Å². The van der Waals surface area contributed by atoms with Crippen LogP contribution in [0.25, 0.3) is 17.3 Å². The Bertz CT molecular complexity index is 2670. The lowest BCUT2D eigenvalue weighted by molar-refractivity contribution is -0.134. The summed E-state index contributed by atoms with van der Waals surface area (Å²) < 4.78 is 72.1. The minimum absolute atomic E-state index is 0.0993. The number of carbonyl (C=O) groups is 3. The second-order valence-electron chi connectivity index (χ2n) is 16.6. The summed E-state index contributed by atoms with van der Waals surface area (Å²) in [6, 6.07) is 22.5. The van der Waals surface area contributed by atoms with Gasteiger partial charge in [-0.2, -0.15) is 0 Å². The largest absolute Gasteiger partial charge is 0.426 e. The molecule has 0 saturated carbocycles. The molecular formula is C49H52F3N5O9S. The first-order valence-corrected chi connectivity index (χ1v) is 23.4. The van der Waals surface area contributed by atoms with Crippen molar-refractivity contribution in [3.05, 3.63) is 143 Å². The van der Waals surface area contributed by atoms with Gasteiger partial charge in [0.15, 0.2) is 0 Å². The van der Waals surface area contributed by atoms with Crippen LogP contribution in [0, 0.1) is 23.4 Å². The highest BCUT2D eigenvalue weighted by atomic mass is 32.2. The number of aliphatic hydroxyl groups excluding tert-OH is 3. The molecule has 6 rings (SSSR count). The number of aliphatic hydroxyl groups is 3. The van der Waals surface area contributed by atoms with Gasteiger partial charge in [-0.15, -0.1) is 0 Å². The number of halogens is 3. The van der Waals surface area contributed by atoms with E-state index in [1.54, 1.807) is 29.2 Å². The summed E-state index contributed by atoms with van der Waals surface area (Å²) in [6.07, 6.45) is 0.171. The molecule has 5 aromatic rings. The van der Waals surface area contributed by atoms with Crippen molar-refractivity contribution in [1.82, 2.24) is 15.3 Å². The van der Waals surface area contributed by atoms with E-state index in [1.165, 1.54) is 92.0 Å². The van der Waals surface area contributed by atoms with Crippen LogP contribution in [0.1, 0.15) is 86.4 Å². The number of benzene rings is 4. The number of sulfonamides is 1. The van der Waals surface area contributed by atoms with Crippen molar-refractivity contribution in [3.63, 3.8) is 0 Å². The molecule has 5 atom stereocenters. The molecular weight excluding hydrogens is 892 g/mol. The van der Waals surface area contributed by atoms with Crippen LogP contribution in [0.3, 0.4) is 0 Å². The predicted octanol–water partition coefficient (Wildman–Crippen LogP) is 6.93. The van der Waals surface area contributed by atoms with Crippen molar-refractivity contribution in [1.29, 1.82) is 0 Å². The topological polar surface area (TPSA) is 200 Å². The fraction of sp³-hybridized carbons (Fsp3) is 0.327. The van der Waals surface area contributed by atoms with E-state index in [0.29, 0.717) is 40.1 Å². The molecule has 1 fully saturated rings. The third-order valence-electron chi connectivity index (χ3n) is 11.3. The zero-order valence-corrected chi connectivity index (χ0v) is 38.0. The molecule has 0 bridgehead atoms. The number of rotatable bonds is 20. The van der Waals surface area contributed by atoms with Gasteiger partial charge in [-0.1, -0.05) is 50.3 Å². The fourth-order valence-corrected chi connectivity index (χ4v) is 8.02.